The van der Waals surface area contributed by atoms with Gasteiger partial charge in [-0.15, -0.1) is 0 Å². The average Bonchev–Trinajstić information content (AvgIpc) is 3.29. The molecule has 1 aromatic heterocycles. The second-order valence-corrected chi connectivity index (χ2v) is 7.41. The van der Waals surface area contributed by atoms with Crippen LogP contribution in [0.3, 0.4) is 0 Å². The lowest BCUT2D eigenvalue weighted by atomic mass is 10.0. The van der Waals surface area contributed by atoms with Gasteiger partial charge in [0.25, 0.3) is 0 Å². The highest BCUT2D eigenvalue weighted by atomic mass is 16.4. The minimum absolute atomic E-state index is 0.0335. The third kappa shape index (κ3) is 8.70. The van der Waals surface area contributed by atoms with E-state index in [0.29, 0.717) is 11.3 Å². The van der Waals surface area contributed by atoms with Crippen molar-refractivity contribution < 1.29 is 34.2 Å². The van der Waals surface area contributed by atoms with Crippen molar-refractivity contribution in [3.63, 3.8) is 0 Å². The number of carbonyl (C=O) groups excluding carboxylic acids is 3. The van der Waals surface area contributed by atoms with E-state index in [1.807, 2.05) is 5.32 Å². The molecular formula is C21H26N6O7. The normalized spacial score (nSPS) is 13.2. The lowest BCUT2D eigenvalue weighted by Gasteiger charge is -2.23. The van der Waals surface area contributed by atoms with Gasteiger partial charge >= 0.3 is 11.9 Å². The molecule has 3 amide bonds. The van der Waals surface area contributed by atoms with E-state index >= 15 is 0 Å². The molecule has 0 spiro atoms. The highest BCUT2D eigenvalue weighted by Gasteiger charge is 2.30. The van der Waals surface area contributed by atoms with Crippen LogP contribution in [0.15, 0.2) is 42.9 Å². The van der Waals surface area contributed by atoms with E-state index in [9.17, 15) is 24.0 Å². The molecule has 0 saturated carbocycles. The van der Waals surface area contributed by atoms with Gasteiger partial charge in [0.05, 0.1) is 18.8 Å². The number of carboxylic acid groups (broad SMARTS) is 2. The number of aliphatic carboxylic acids is 2. The van der Waals surface area contributed by atoms with Gasteiger partial charge in [-0.1, -0.05) is 30.3 Å². The molecule has 8 N–H and O–H groups in total. The predicted molar refractivity (Wildman–Crippen MR) is 117 cm³/mol. The number of amides is 3. The maximum absolute atomic E-state index is 13.0. The van der Waals surface area contributed by atoms with Crippen LogP contribution < -0.4 is 21.7 Å². The number of H-pyrrole nitrogens is 1. The van der Waals surface area contributed by atoms with Crippen LogP contribution in [0, 0.1) is 0 Å². The Labute approximate surface area is 194 Å². The molecule has 1 heterocycles. The fourth-order valence-corrected chi connectivity index (χ4v) is 3.01. The first-order valence-electron chi connectivity index (χ1n) is 10.2. The average molecular weight is 474 g/mol. The van der Waals surface area contributed by atoms with Crippen LogP contribution in [0.4, 0.5) is 0 Å². The zero-order valence-corrected chi connectivity index (χ0v) is 18.1. The van der Waals surface area contributed by atoms with Crippen molar-refractivity contribution in [2.45, 2.75) is 37.4 Å². The number of rotatable bonds is 13. The number of nitrogens with two attached hydrogens (primary N) is 1. The van der Waals surface area contributed by atoms with Crippen LogP contribution in [-0.4, -0.2) is 74.5 Å². The summed E-state index contributed by atoms with van der Waals surface area (Å²) in [6.07, 6.45) is 2.32. The van der Waals surface area contributed by atoms with Crippen LogP contribution in [0.1, 0.15) is 17.7 Å². The summed E-state index contributed by atoms with van der Waals surface area (Å²) < 4.78 is 0. The summed E-state index contributed by atoms with van der Waals surface area (Å²) in [6.45, 7) is -0.753. The van der Waals surface area contributed by atoms with Gasteiger partial charge in [-0.05, 0) is 5.56 Å². The Balaban J connectivity index is 2.15. The van der Waals surface area contributed by atoms with Gasteiger partial charge in [0, 0.05) is 24.7 Å². The number of carboxylic acids is 2. The zero-order chi connectivity index (χ0) is 25.1. The number of hydrogen-bond acceptors (Lipinski definition) is 7. The largest absolute Gasteiger partial charge is 0.481 e. The van der Waals surface area contributed by atoms with Gasteiger partial charge in [-0.3, -0.25) is 24.0 Å². The summed E-state index contributed by atoms with van der Waals surface area (Å²) in [5.74, 6) is -5.19. The number of carbonyl (C=O) groups is 5. The molecule has 2 aromatic rings. The fraction of sp³-hybridized carbons (Fsp3) is 0.333. The summed E-state index contributed by atoms with van der Waals surface area (Å²) in [7, 11) is 0. The molecule has 0 saturated heterocycles. The summed E-state index contributed by atoms with van der Waals surface area (Å²) in [5, 5.41) is 24.7. The van der Waals surface area contributed by atoms with E-state index in [2.05, 4.69) is 20.6 Å². The highest BCUT2D eigenvalue weighted by Crippen LogP contribution is 2.06. The van der Waals surface area contributed by atoms with E-state index < -0.39 is 60.8 Å². The first-order valence-corrected chi connectivity index (χ1v) is 10.2. The predicted octanol–water partition coefficient (Wildman–Crippen LogP) is -1.83. The maximum atomic E-state index is 13.0. The molecule has 1 aromatic carbocycles. The van der Waals surface area contributed by atoms with Gasteiger partial charge in [0.15, 0.2) is 0 Å². The number of benzene rings is 1. The molecule has 0 radical (unpaired) electrons. The minimum Gasteiger partial charge on any atom is -0.481 e. The van der Waals surface area contributed by atoms with Crippen LogP contribution in [0.25, 0.3) is 0 Å². The number of aromatic nitrogens is 2. The molecule has 0 bridgehead atoms. The maximum Gasteiger partial charge on any atom is 0.322 e. The van der Waals surface area contributed by atoms with Gasteiger partial charge in [0.1, 0.15) is 18.6 Å². The van der Waals surface area contributed by atoms with Crippen molar-refractivity contribution in [3.05, 3.63) is 54.1 Å². The van der Waals surface area contributed by atoms with Crippen molar-refractivity contribution in [2.24, 2.45) is 5.73 Å². The lowest BCUT2D eigenvalue weighted by molar-refractivity contribution is -0.141. The minimum atomic E-state index is -1.56. The molecule has 182 valence electrons. The SMILES string of the molecule is NC(Cc1cnc[nH]1)C(=O)NC(Cc1ccccc1)C(=O)NC(CC(=O)O)C(=O)NCC(=O)O. The van der Waals surface area contributed by atoms with E-state index in [4.69, 9.17) is 15.9 Å². The quantitative estimate of drug-likeness (QED) is 0.173. The number of nitrogens with one attached hydrogen (secondary N) is 4. The molecule has 34 heavy (non-hydrogen) atoms. The standard InChI is InChI=1S/C21H26N6O7/c22-14(7-13-9-23-11-25-13)19(32)26-15(6-12-4-2-1-3-5-12)21(34)27-16(8-17(28)29)20(33)24-10-18(30)31/h1-5,9,11,14-16H,6-8,10,22H2,(H,23,25)(H,24,33)(H,26,32)(H,27,34)(H,28,29)(H,30,31). The molecular weight excluding hydrogens is 448 g/mol. The molecule has 0 aliphatic heterocycles. The molecule has 3 unspecified atom stereocenters. The third-order valence-corrected chi connectivity index (χ3v) is 4.67. The Morgan fingerprint density at radius 2 is 1.59 bits per heavy atom. The number of imidazole rings is 1. The Morgan fingerprint density at radius 1 is 0.912 bits per heavy atom. The molecule has 13 heteroatoms. The lowest BCUT2D eigenvalue weighted by Crippen LogP contribution is -2.57. The van der Waals surface area contributed by atoms with Crippen molar-refractivity contribution in [3.8, 4) is 0 Å². The topological polar surface area (TPSA) is 217 Å². The van der Waals surface area contributed by atoms with Crippen molar-refractivity contribution in [2.75, 3.05) is 6.54 Å². The second kappa shape index (κ2) is 12.7. The van der Waals surface area contributed by atoms with Crippen molar-refractivity contribution >= 4 is 29.7 Å². The van der Waals surface area contributed by atoms with Gasteiger partial charge in [0.2, 0.25) is 17.7 Å². The highest BCUT2D eigenvalue weighted by molar-refractivity contribution is 5.95. The van der Waals surface area contributed by atoms with Crippen molar-refractivity contribution in [1.29, 1.82) is 0 Å². The monoisotopic (exact) mass is 474 g/mol. The Hall–Kier alpha value is -4.26. The second-order valence-electron chi connectivity index (χ2n) is 7.41. The Morgan fingerprint density at radius 3 is 2.18 bits per heavy atom. The molecule has 0 fully saturated rings. The molecule has 0 aliphatic rings. The van der Waals surface area contributed by atoms with Crippen LogP contribution >= 0.6 is 0 Å². The molecule has 3 atom stereocenters. The smallest absolute Gasteiger partial charge is 0.322 e. The number of nitrogens with zero attached hydrogens (tertiary/aromatic N) is 1. The summed E-state index contributed by atoms with van der Waals surface area (Å²) >= 11 is 0. The molecule has 2 rings (SSSR count). The Bertz CT molecular complexity index is 996. The fourth-order valence-electron chi connectivity index (χ4n) is 3.01. The van der Waals surface area contributed by atoms with E-state index in [-0.39, 0.29) is 12.8 Å². The Kier molecular flexibility index (Phi) is 9.71. The third-order valence-electron chi connectivity index (χ3n) is 4.67. The van der Waals surface area contributed by atoms with Gasteiger partial charge in [-0.25, -0.2) is 4.98 Å². The first-order chi connectivity index (χ1) is 16.2. The van der Waals surface area contributed by atoms with Crippen LogP contribution in [0.2, 0.25) is 0 Å². The van der Waals surface area contributed by atoms with Gasteiger partial charge < -0.3 is 36.9 Å². The van der Waals surface area contributed by atoms with Crippen LogP contribution in [0.5, 0.6) is 0 Å². The van der Waals surface area contributed by atoms with E-state index in [1.165, 1.54) is 12.5 Å². The summed E-state index contributed by atoms with van der Waals surface area (Å²) in [4.78, 5) is 66.4. The van der Waals surface area contributed by atoms with Gasteiger partial charge in [-0.2, -0.15) is 0 Å². The van der Waals surface area contributed by atoms with E-state index in [0.717, 1.165) is 0 Å². The zero-order valence-electron chi connectivity index (χ0n) is 18.1. The van der Waals surface area contributed by atoms with E-state index in [1.54, 1.807) is 30.3 Å². The number of hydrogen-bond donors (Lipinski definition) is 7. The van der Waals surface area contributed by atoms with Crippen LogP contribution in [-0.2, 0) is 36.8 Å². The molecule has 13 nitrogen and oxygen atoms in total. The summed E-state index contributed by atoms with van der Waals surface area (Å²) in [5.41, 5.74) is 7.25. The van der Waals surface area contributed by atoms with Crippen molar-refractivity contribution in [1.82, 2.24) is 25.9 Å². The molecule has 0 aliphatic carbocycles. The number of aromatic amines is 1. The first kappa shape index (κ1) is 26.0. The summed E-state index contributed by atoms with van der Waals surface area (Å²) in [6, 6.07) is 4.94.